The summed E-state index contributed by atoms with van der Waals surface area (Å²) < 4.78 is 23.1. The maximum atomic E-state index is 13.2. The smallest absolute Gasteiger partial charge is 0.347 e. The van der Waals surface area contributed by atoms with Gasteiger partial charge in [-0.15, -0.1) is 0 Å². The molecule has 108 valence electrons. The summed E-state index contributed by atoms with van der Waals surface area (Å²) in [5.74, 6) is -1.83. The number of carbonyl (C=O) groups excluding carboxylic acids is 1. The van der Waals surface area contributed by atoms with Gasteiger partial charge in [0.1, 0.15) is 17.1 Å². The van der Waals surface area contributed by atoms with E-state index in [0.29, 0.717) is 0 Å². The number of ether oxygens (including phenoxy) is 2. The first-order valence-electron chi connectivity index (χ1n) is 5.82. The van der Waals surface area contributed by atoms with Crippen LogP contribution in [0.2, 0.25) is 0 Å². The van der Waals surface area contributed by atoms with Crippen LogP contribution in [-0.2, 0) is 0 Å². The average Bonchev–Trinajstić information content (AvgIpc) is 2.46. The van der Waals surface area contributed by atoms with E-state index >= 15 is 0 Å². The van der Waals surface area contributed by atoms with Gasteiger partial charge in [-0.25, -0.2) is 9.18 Å². The highest BCUT2D eigenvalue weighted by molar-refractivity contribution is 5.94. The summed E-state index contributed by atoms with van der Waals surface area (Å²) in [6, 6.07) is 8.84. The standard InChI is InChI=1S/C14H10FNO5/c1-20-12-5-3-2-4-10(12)14(17)21-13-8-9(15)6-7-11(13)16(18)19/h2-8H,1H3. The third kappa shape index (κ3) is 3.14. The van der Waals surface area contributed by atoms with Crippen molar-refractivity contribution in [3.8, 4) is 11.5 Å². The summed E-state index contributed by atoms with van der Waals surface area (Å²) in [5.41, 5.74) is -0.418. The van der Waals surface area contributed by atoms with Gasteiger partial charge in [-0.2, -0.15) is 0 Å². The Kier molecular flexibility index (Phi) is 4.13. The van der Waals surface area contributed by atoms with Crippen LogP contribution in [0.3, 0.4) is 0 Å². The average molecular weight is 291 g/mol. The van der Waals surface area contributed by atoms with Crippen molar-refractivity contribution in [3.05, 3.63) is 64.0 Å². The molecule has 0 N–H and O–H groups in total. The molecule has 0 atom stereocenters. The molecular weight excluding hydrogens is 281 g/mol. The first-order chi connectivity index (χ1) is 10.0. The van der Waals surface area contributed by atoms with E-state index in [2.05, 4.69) is 0 Å². The van der Waals surface area contributed by atoms with Gasteiger partial charge in [0.05, 0.1) is 12.0 Å². The largest absolute Gasteiger partial charge is 0.496 e. The zero-order valence-corrected chi connectivity index (χ0v) is 10.9. The fourth-order valence-corrected chi connectivity index (χ4v) is 1.69. The third-order valence-corrected chi connectivity index (χ3v) is 2.65. The summed E-state index contributed by atoms with van der Waals surface area (Å²) in [6.45, 7) is 0. The van der Waals surface area contributed by atoms with E-state index in [1.807, 2.05) is 0 Å². The summed E-state index contributed by atoms with van der Waals surface area (Å²) in [4.78, 5) is 22.1. The van der Waals surface area contributed by atoms with Crippen LogP contribution >= 0.6 is 0 Å². The van der Waals surface area contributed by atoms with Gasteiger partial charge in [0, 0.05) is 12.1 Å². The quantitative estimate of drug-likeness (QED) is 0.374. The van der Waals surface area contributed by atoms with E-state index in [1.165, 1.54) is 19.2 Å². The summed E-state index contributed by atoms with van der Waals surface area (Å²) in [6.07, 6.45) is 0. The molecule has 0 aliphatic carbocycles. The molecular formula is C14H10FNO5. The number of rotatable bonds is 4. The molecule has 0 aromatic heterocycles. The number of para-hydroxylation sites is 1. The molecule has 0 heterocycles. The fourth-order valence-electron chi connectivity index (χ4n) is 1.69. The molecule has 0 bridgehead atoms. The molecule has 0 saturated carbocycles. The van der Waals surface area contributed by atoms with E-state index in [9.17, 15) is 19.3 Å². The number of nitrogens with zero attached hydrogens (tertiary/aromatic N) is 1. The lowest BCUT2D eigenvalue weighted by molar-refractivity contribution is -0.385. The highest BCUT2D eigenvalue weighted by Gasteiger charge is 2.21. The van der Waals surface area contributed by atoms with E-state index in [1.54, 1.807) is 12.1 Å². The Morgan fingerprint density at radius 1 is 1.19 bits per heavy atom. The van der Waals surface area contributed by atoms with Crippen molar-refractivity contribution in [3.63, 3.8) is 0 Å². The van der Waals surface area contributed by atoms with E-state index in [-0.39, 0.29) is 11.3 Å². The molecule has 2 aromatic carbocycles. The van der Waals surface area contributed by atoms with Crippen LogP contribution in [0.1, 0.15) is 10.4 Å². The summed E-state index contributed by atoms with van der Waals surface area (Å²) in [7, 11) is 1.37. The number of methoxy groups -OCH3 is 1. The molecule has 2 aromatic rings. The molecule has 21 heavy (non-hydrogen) atoms. The van der Waals surface area contributed by atoms with Crippen LogP contribution in [0.15, 0.2) is 42.5 Å². The fraction of sp³-hybridized carbons (Fsp3) is 0.0714. The molecule has 0 unspecified atom stereocenters. The molecule has 0 radical (unpaired) electrons. The normalized spacial score (nSPS) is 10.0. The van der Waals surface area contributed by atoms with Crippen LogP contribution in [-0.4, -0.2) is 18.0 Å². The number of hydrogen-bond donors (Lipinski definition) is 0. The Labute approximate surface area is 118 Å². The molecule has 0 saturated heterocycles. The van der Waals surface area contributed by atoms with Gasteiger partial charge in [-0.3, -0.25) is 10.1 Å². The summed E-state index contributed by atoms with van der Waals surface area (Å²) >= 11 is 0. The Morgan fingerprint density at radius 2 is 1.90 bits per heavy atom. The lowest BCUT2D eigenvalue weighted by Gasteiger charge is -2.08. The topological polar surface area (TPSA) is 78.7 Å². The summed E-state index contributed by atoms with van der Waals surface area (Å²) in [5, 5.41) is 10.8. The van der Waals surface area contributed by atoms with Crippen LogP contribution in [0.4, 0.5) is 10.1 Å². The SMILES string of the molecule is COc1ccccc1C(=O)Oc1cc(F)ccc1[N+](=O)[O-]. The number of nitro groups is 1. The number of benzene rings is 2. The second-order valence-corrected chi connectivity index (χ2v) is 3.96. The molecule has 0 amide bonds. The molecule has 0 spiro atoms. The van der Waals surface area contributed by atoms with Gasteiger partial charge < -0.3 is 9.47 Å². The molecule has 0 aliphatic rings. The van der Waals surface area contributed by atoms with Gasteiger partial charge in [0.15, 0.2) is 0 Å². The van der Waals surface area contributed by atoms with Crippen LogP contribution in [0.25, 0.3) is 0 Å². The van der Waals surface area contributed by atoms with Crippen LogP contribution in [0.5, 0.6) is 11.5 Å². The van der Waals surface area contributed by atoms with Crippen LogP contribution < -0.4 is 9.47 Å². The van der Waals surface area contributed by atoms with Crippen molar-refractivity contribution >= 4 is 11.7 Å². The van der Waals surface area contributed by atoms with Crippen molar-refractivity contribution in [2.24, 2.45) is 0 Å². The first-order valence-corrected chi connectivity index (χ1v) is 5.82. The Bertz CT molecular complexity index is 702. The van der Waals surface area contributed by atoms with Crippen molar-refractivity contribution in [1.82, 2.24) is 0 Å². The number of halogens is 1. The van der Waals surface area contributed by atoms with Crippen molar-refractivity contribution in [2.45, 2.75) is 0 Å². The van der Waals surface area contributed by atoms with Gasteiger partial charge in [0.2, 0.25) is 5.75 Å². The monoisotopic (exact) mass is 291 g/mol. The lowest BCUT2D eigenvalue weighted by atomic mass is 10.2. The van der Waals surface area contributed by atoms with E-state index < -0.39 is 28.1 Å². The van der Waals surface area contributed by atoms with Gasteiger partial charge >= 0.3 is 11.7 Å². The zero-order valence-electron chi connectivity index (χ0n) is 10.9. The molecule has 6 nitrogen and oxygen atoms in total. The van der Waals surface area contributed by atoms with E-state index in [4.69, 9.17) is 9.47 Å². The molecule has 2 rings (SSSR count). The number of carbonyl (C=O) groups is 1. The molecule has 7 heteroatoms. The lowest BCUT2D eigenvalue weighted by Crippen LogP contribution is -2.11. The second kappa shape index (κ2) is 6.00. The second-order valence-electron chi connectivity index (χ2n) is 3.96. The predicted octanol–water partition coefficient (Wildman–Crippen LogP) is 2.96. The van der Waals surface area contributed by atoms with Gasteiger partial charge in [-0.05, 0) is 18.2 Å². The highest BCUT2D eigenvalue weighted by atomic mass is 19.1. The Hall–Kier alpha value is -2.96. The van der Waals surface area contributed by atoms with E-state index in [0.717, 1.165) is 18.2 Å². The Morgan fingerprint density at radius 3 is 2.57 bits per heavy atom. The number of nitro benzene ring substituents is 1. The first kappa shape index (κ1) is 14.4. The zero-order chi connectivity index (χ0) is 15.4. The minimum absolute atomic E-state index is 0.0820. The van der Waals surface area contributed by atoms with Crippen LogP contribution in [0, 0.1) is 15.9 Å². The minimum atomic E-state index is -0.874. The van der Waals surface area contributed by atoms with Crippen molar-refractivity contribution < 1.29 is 23.6 Å². The van der Waals surface area contributed by atoms with Gasteiger partial charge in [-0.1, -0.05) is 12.1 Å². The number of hydrogen-bond acceptors (Lipinski definition) is 5. The molecule has 0 aliphatic heterocycles. The van der Waals surface area contributed by atoms with Crippen molar-refractivity contribution in [2.75, 3.05) is 7.11 Å². The number of esters is 1. The third-order valence-electron chi connectivity index (χ3n) is 2.65. The molecule has 0 fully saturated rings. The minimum Gasteiger partial charge on any atom is -0.496 e. The maximum Gasteiger partial charge on any atom is 0.347 e. The van der Waals surface area contributed by atoms with Gasteiger partial charge in [0.25, 0.3) is 0 Å². The Balaban J connectivity index is 2.36. The maximum absolute atomic E-state index is 13.2. The van der Waals surface area contributed by atoms with Crippen molar-refractivity contribution in [1.29, 1.82) is 0 Å². The predicted molar refractivity (Wildman–Crippen MR) is 71.0 cm³/mol. The highest BCUT2D eigenvalue weighted by Crippen LogP contribution is 2.29.